The van der Waals surface area contributed by atoms with Gasteiger partial charge in [-0.1, -0.05) is 13.8 Å². The lowest BCUT2D eigenvalue weighted by molar-refractivity contribution is -0.143. The van der Waals surface area contributed by atoms with Crippen molar-refractivity contribution < 1.29 is 14.3 Å². The second-order valence-corrected chi connectivity index (χ2v) is 4.79. The summed E-state index contributed by atoms with van der Waals surface area (Å²) in [6, 6.07) is 0.121. The molecule has 94 valence electrons. The Balaban J connectivity index is 2.39. The van der Waals surface area contributed by atoms with Crippen LogP contribution in [0.3, 0.4) is 0 Å². The van der Waals surface area contributed by atoms with Crippen LogP contribution in [0.2, 0.25) is 0 Å². The molecule has 0 spiro atoms. The minimum Gasteiger partial charge on any atom is -0.468 e. The van der Waals surface area contributed by atoms with E-state index in [1.54, 1.807) is 0 Å². The molecular weight excluding hydrogens is 206 g/mol. The number of carbonyl (C=O) groups is 1. The zero-order valence-corrected chi connectivity index (χ0v) is 10.7. The molecule has 3 atom stereocenters. The maximum absolute atomic E-state index is 11.3. The summed E-state index contributed by atoms with van der Waals surface area (Å²) in [6.07, 6.45) is 2.24. The van der Waals surface area contributed by atoms with Crippen LogP contribution in [0.25, 0.3) is 0 Å². The molecule has 2 unspecified atom stereocenters. The van der Waals surface area contributed by atoms with E-state index in [4.69, 9.17) is 9.47 Å². The topological polar surface area (TPSA) is 47.6 Å². The van der Waals surface area contributed by atoms with E-state index in [1.807, 2.05) is 6.92 Å². The van der Waals surface area contributed by atoms with Crippen LogP contribution in [-0.2, 0) is 14.3 Å². The second kappa shape index (κ2) is 6.21. The zero-order chi connectivity index (χ0) is 12.1. The fourth-order valence-electron chi connectivity index (χ4n) is 2.04. The fourth-order valence-corrected chi connectivity index (χ4v) is 2.04. The minimum absolute atomic E-state index is 0.201. The van der Waals surface area contributed by atoms with Crippen LogP contribution < -0.4 is 5.32 Å². The Hall–Kier alpha value is -0.610. The van der Waals surface area contributed by atoms with Crippen LogP contribution in [0.5, 0.6) is 0 Å². The Kier molecular flexibility index (Phi) is 5.22. The molecule has 0 aromatic carbocycles. The number of nitrogens with one attached hydrogen (secondary N) is 1. The predicted molar refractivity (Wildman–Crippen MR) is 62.2 cm³/mol. The summed E-state index contributed by atoms with van der Waals surface area (Å²) in [6.45, 7) is 6.94. The van der Waals surface area contributed by atoms with E-state index >= 15 is 0 Å². The molecule has 4 heteroatoms. The molecule has 0 radical (unpaired) electrons. The molecule has 1 N–H and O–H groups in total. The van der Waals surface area contributed by atoms with Crippen LogP contribution in [0.1, 0.15) is 33.6 Å². The third kappa shape index (κ3) is 3.76. The molecule has 0 aromatic rings. The van der Waals surface area contributed by atoms with Gasteiger partial charge in [0.05, 0.1) is 13.2 Å². The number of carbonyl (C=O) groups excluding carboxylic acids is 1. The average Bonchev–Trinajstić information content (AvgIpc) is 2.28. The SMILES string of the molecule is COC(=O)[C@H](C)NC1CCOC(C(C)C)C1. The Morgan fingerprint density at radius 2 is 2.12 bits per heavy atom. The van der Waals surface area contributed by atoms with Crippen LogP contribution in [0.4, 0.5) is 0 Å². The van der Waals surface area contributed by atoms with Gasteiger partial charge in [0.25, 0.3) is 0 Å². The summed E-state index contributed by atoms with van der Waals surface area (Å²) in [5.41, 5.74) is 0. The van der Waals surface area contributed by atoms with E-state index in [-0.39, 0.29) is 12.0 Å². The van der Waals surface area contributed by atoms with Crippen molar-refractivity contribution in [3.05, 3.63) is 0 Å². The first-order valence-electron chi connectivity index (χ1n) is 6.00. The second-order valence-electron chi connectivity index (χ2n) is 4.79. The molecule has 0 amide bonds. The van der Waals surface area contributed by atoms with Gasteiger partial charge in [-0.25, -0.2) is 0 Å². The highest BCUT2D eigenvalue weighted by atomic mass is 16.5. The molecule has 4 nitrogen and oxygen atoms in total. The number of hydrogen-bond acceptors (Lipinski definition) is 4. The Bertz CT molecular complexity index is 230. The van der Waals surface area contributed by atoms with Crippen LogP contribution in [0.15, 0.2) is 0 Å². The summed E-state index contributed by atoms with van der Waals surface area (Å²) in [7, 11) is 1.42. The number of rotatable bonds is 4. The van der Waals surface area contributed by atoms with Crippen molar-refractivity contribution >= 4 is 5.97 Å². The lowest BCUT2D eigenvalue weighted by Crippen LogP contribution is -2.47. The molecule has 0 saturated carbocycles. The van der Waals surface area contributed by atoms with E-state index in [0.29, 0.717) is 18.1 Å². The van der Waals surface area contributed by atoms with Gasteiger partial charge in [0.15, 0.2) is 0 Å². The molecule has 0 aliphatic carbocycles. The predicted octanol–water partition coefficient (Wildman–Crippen LogP) is 1.34. The standard InChI is InChI=1S/C12H23NO3/c1-8(2)11-7-10(5-6-16-11)13-9(3)12(14)15-4/h8-11,13H,5-7H2,1-4H3/t9-,10?,11?/m0/s1. The smallest absolute Gasteiger partial charge is 0.322 e. The van der Waals surface area contributed by atoms with Gasteiger partial charge in [-0.3, -0.25) is 4.79 Å². The Morgan fingerprint density at radius 3 is 2.69 bits per heavy atom. The maximum Gasteiger partial charge on any atom is 0.322 e. The molecule has 0 aromatic heterocycles. The van der Waals surface area contributed by atoms with Gasteiger partial charge in [0.2, 0.25) is 0 Å². The summed E-state index contributed by atoms with van der Waals surface area (Å²) in [4.78, 5) is 11.3. The fraction of sp³-hybridized carbons (Fsp3) is 0.917. The van der Waals surface area contributed by atoms with Crippen molar-refractivity contribution in [1.82, 2.24) is 5.32 Å². The summed E-state index contributed by atoms with van der Waals surface area (Å²) >= 11 is 0. The van der Waals surface area contributed by atoms with Crippen molar-refractivity contribution in [3.8, 4) is 0 Å². The van der Waals surface area contributed by atoms with Crippen molar-refractivity contribution in [2.24, 2.45) is 5.92 Å². The summed E-state index contributed by atoms with van der Waals surface area (Å²) in [5, 5.41) is 3.30. The van der Waals surface area contributed by atoms with E-state index in [0.717, 1.165) is 19.4 Å². The molecule has 1 saturated heterocycles. The third-order valence-electron chi connectivity index (χ3n) is 3.10. The molecule has 1 aliphatic heterocycles. The van der Waals surface area contributed by atoms with Crippen molar-refractivity contribution in [3.63, 3.8) is 0 Å². The first-order chi connectivity index (χ1) is 7.54. The number of methoxy groups -OCH3 is 1. The van der Waals surface area contributed by atoms with E-state index in [9.17, 15) is 4.79 Å². The number of ether oxygens (including phenoxy) is 2. The minimum atomic E-state index is -0.235. The quantitative estimate of drug-likeness (QED) is 0.739. The normalized spacial score (nSPS) is 27.8. The monoisotopic (exact) mass is 229 g/mol. The highest BCUT2D eigenvalue weighted by molar-refractivity contribution is 5.75. The number of hydrogen-bond donors (Lipinski definition) is 1. The molecular formula is C12H23NO3. The Morgan fingerprint density at radius 1 is 1.44 bits per heavy atom. The molecule has 1 fully saturated rings. The first kappa shape index (κ1) is 13.5. The molecule has 1 rings (SSSR count). The van der Waals surface area contributed by atoms with Crippen LogP contribution in [0, 0.1) is 5.92 Å². The molecule has 16 heavy (non-hydrogen) atoms. The van der Waals surface area contributed by atoms with E-state index in [2.05, 4.69) is 19.2 Å². The lowest BCUT2D eigenvalue weighted by atomic mass is 9.95. The summed E-state index contributed by atoms with van der Waals surface area (Å²) in [5.74, 6) is 0.325. The van der Waals surface area contributed by atoms with Gasteiger partial charge in [-0.15, -0.1) is 0 Å². The highest BCUT2D eigenvalue weighted by Gasteiger charge is 2.27. The van der Waals surface area contributed by atoms with Gasteiger partial charge in [0.1, 0.15) is 6.04 Å². The zero-order valence-electron chi connectivity index (χ0n) is 10.7. The number of esters is 1. The van der Waals surface area contributed by atoms with Crippen molar-refractivity contribution in [2.45, 2.75) is 51.8 Å². The molecule has 1 heterocycles. The summed E-state index contributed by atoms with van der Waals surface area (Å²) < 4.78 is 10.4. The highest BCUT2D eigenvalue weighted by Crippen LogP contribution is 2.20. The van der Waals surface area contributed by atoms with Gasteiger partial charge in [-0.2, -0.15) is 0 Å². The van der Waals surface area contributed by atoms with E-state index < -0.39 is 0 Å². The molecule has 1 aliphatic rings. The van der Waals surface area contributed by atoms with Crippen molar-refractivity contribution in [1.29, 1.82) is 0 Å². The third-order valence-corrected chi connectivity index (χ3v) is 3.10. The van der Waals surface area contributed by atoms with Gasteiger partial charge < -0.3 is 14.8 Å². The largest absolute Gasteiger partial charge is 0.468 e. The average molecular weight is 229 g/mol. The first-order valence-corrected chi connectivity index (χ1v) is 6.00. The Labute approximate surface area is 97.7 Å². The lowest BCUT2D eigenvalue weighted by Gasteiger charge is -2.33. The van der Waals surface area contributed by atoms with Crippen molar-refractivity contribution in [2.75, 3.05) is 13.7 Å². The maximum atomic E-state index is 11.3. The van der Waals surface area contributed by atoms with E-state index in [1.165, 1.54) is 7.11 Å². The van der Waals surface area contributed by atoms with Gasteiger partial charge in [0, 0.05) is 12.6 Å². The van der Waals surface area contributed by atoms with Crippen LogP contribution in [-0.4, -0.2) is 37.9 Å². The van der Waals surface area contributed by atoms with Gasteiger partial charge >= 0.3 is 5.97 Å². The van der Waals surface area contributed by atoms with Gasteiger partial charge in [-0.05, 0) is 25.7 Å². The van der Waals surface area contributed by atoms with Crippen LogP contribution >= 0.6 is 0 Å². The molecule has 0 bridgehead atoms.